The minimum Gasteiger partial charge on any atom is -0.374 e. The van der Waals surface area contributed by atoms with Crippen molar-refractivity contribution >= 4 is 15.7 Å². The first-order valence-corrected chi connectivity index (χ1v) is 10.6. The molecule has 0 saturated carbocycles. The molecule has 30 heavy (non-hydrogen) atoms. The second-order valence-electron chi connectivity index (χ2n) is 6.54. The molecule has 0 spiro atoms. The first-order chi connectivity index (χ1) is 14.4. The monoisotopic (exact) mass is 434 g/mol. The maximum absolute atomic E-state index is 12.8. The molecule has 10 heteroatoms. The Balaban J connectivity index is 1.75. The van der Waals surface area contributed by atoms with Crippen LogP contribution in [0.1, 0.15) is 5.56 Å². The predicted octanol–water partition coefficient (Wildman–Crippen LogP) is 2.39. The highest BCUT2D eigenvalue weighted by molar-refractivity contribution is 7.89. The summed E-state index contributed by atoms with van der Waals surface area (Å²) in [4.78, 5) is 10.1. The van der Waals surface area contributed by atoms with Gasteiger partial charge >= 0.3 is 0 Å². The molecule has 2 aromatic carbocycles. The largest absolute Gasteiger partial charge is 0.374 e. The van der Waals surface area contributed by atoms with Gasteiger partial charge in [0.1, 0.15) is 6.10 Å². The molecule has 9 nitrogen and oxygen atoms in total. The van der Waals surface area contributed by atoms with Crippen LogP contribution in [0.15, 0.2) is 71.6 Å². The number of sulfonamides is 1. The number of rotatable bonds is 9. The van der Waals surface area contributed by atoms with Crippen LogP contribution in [-0.2, 0) is 30.8 Å². The standard InChI is InChI=1S/C20H22N2O7S/c1-27-20-12-11-16(18(29-20)14-28-13-15-7-3-2-4-8-15)21-30(25,26)19-10-6-5-9-17(19)22(23)24/h2-12,16,18,20-21H,13-14H2,1H3/t16-,18+,20+/m0/s1. The van der Waals surface area contributed by atoms with Gasteiger partial charge in [-0.15, -0.1) is 0 Å². The Morgan fingerprint density at radius 1 is 1.10 bits per heavy atom. The molecular weight excluding hydrogens is 412 g/mol. The quantitative estimate of drug-likeness (QED) is 0.366. The Kier molecular flexibility index (Phi) is 7.29. The highest BCUT2D eigenvalue weighted by Gasteiger charge is 2.33. The van der Waals surface area contributed by atoms with Gasteiger partial charge in [0.15, 0.2) is 11.2 Å². The molecule has 0 fully saturated rings. The molecule has 0 radical (unpaired) electrons. The van der Waals surface area contributed by atoms with E-state index in [9.17, 15) is 18.5 Å². The normalized spacial score (nSPS) is 21.4. The maximum Gasteiger partial charge on any atom is 0.289 e. The van der Waals surface area contributed by atoms with Crippen LogP contribution in [0.2, 0.25) is 0 Å². The summed E-state index contributed by atoms with van der Waals surface area (Å²) in [6.45, 7) is 0.412. The number of nitro benzene ring substituents is 1. The SMILES string of the molecule is CO[C@H]1C=C[C@H](NS(=O)(=O)c2ccccc2[N+](=O)[O-])[C@@H](COCc2ccccc2)O1. The van der Waals surface area contributed by atoms with Crippen molar-refractivity contribution in [1.82, 2.24) is 4.72 Å². The minimum absolute atomic E-state index is 0.0865. The van der Waals surface area contributed by atoms with Crippen LogP contribution in [0.3, 0.4) is 0 Å². The lowest BCUT2D eigenvalue weighted by atomic mass is 10.1. The van der Waals surface area contributed by atoms with Gasteiger partial charge in [-0.3, -0.25) is 10.1 Å². The number of nitrogens with zero attached hydrogens (tertiary/aromatic N) is 1. The molecule has 0 amide bonds. The summed E-state index contributed by atoms with van der Waals surface area (Å²) >= 11 is 0. The van der Waals surface area contributed by atoms with Crippen LogP contribution < -0.4 is 4.72 Å². The van der Waals surface area contributed by atoms with E-state index in [1.807, 2.05) is 30.3 Å². The van der Waals surface area contributed by atoms with Crippen LogP contribution in [-0.4, -0.2) is 45.5 Å². The van der Waals surface area contributed by atoms with Crippen molar-refractivity contribution in [1.29, 1.82) is 0 Å². The number of para-hydroxylation sites is 1. The fourth-order valence-corrected chi connectivity index (χ4v) is 4.37. The molecule has 2 aromatic rings. The average molecular weight is 434 g/mol. The number of hydrogen-bond acceptors (Lipinski definition) is 7. The summed E-state index contributed by atoms with van der Waals surface area (Å²) in [7, 11) is -2.72. The van der Waals surface area contributed by atoms with Gasteiger partial charge in [0.05, 0.1) is 24.2 Å². The van der Waals surface area contributed by atoms with E-state index in [2.05, 4.69) is 4.72 Å². The Hall–Kier alpha value is -2.63. The van der Waals surface area contributed by atoms with Crippen molar-refractivity contribution in [3.05, 3.63) is 82.4 Å². The van der Waals surface area contributed by atoms with Gasteiger partial charge in [-0.05, 0) is 17.7 Å². The zero-order valence-electron chi connectivity index (χ0n) is 16.2. The van der Waals surface area contributed by atoms with E-state index in [-0.39, 0.29) is 6.61 Å². The van der Waals surface area contributed by atoms with E-state index >= 15 is 0 Å². The van der Waals surface area contributed by atoms with E-state index < -0.39 is 44.0 Å². The Morgan fingerprint density at radius 3 is 2.50 bits per heavy atom. The smallest absolute Gasteiger partial charge is 0.289 e. The number of nitro groups is 1. The lowest BCUT2D eigenvalue weighted by molar-refractivity contribution is -0.387. The summed E-state index contributed by atoms with van der Waals surface area (Å²) in [5, 5.41) is 11.2. The topological polar surface area (TPSA) is 117 Å². The first-order valence-electron chi connectivity index (χ1n) is 9.14. The summed E-state index contributed by atoms with van der Waals surface area (Å²) < 4.78 is 44.8. The summed E-state index contributed by atoms with van der Waals surface area (Å²) in [6, 6.07) is 13.9. The highest BCUT2D eigenvalue weighted by Crippen LogP contribution is 2.24. The summed E-state index contributed by atoms with van der Waals surface area (Å²) in [6.07, 6.45) is 1.82. The zero-order chi connectivity index (χ0) is 21.6. The van der Waals surface area contributed by atoms with Crippen molar-refractivity contribution in [3.63, 3.8) is 0 Å². The first kappa shape index (κ1) is 22.1. The van der Waals surface area contributed by atoms with Gasteiger partial charge in [0, 0.05) is 13.2 Å². The van der Waals surface area contributed by atoms with Crippen LogP contribution in [0, 0.1) is 10.1 Å². The molecule has 1 aliphatic rings. The third-order valence-electron chi connectivity index (χ3n) is 4.45. The second-order valence-corrected chi connectivity index (χ2v) is 8.22. The van der Waals surface area contributed by atoms with Gasteiger partial charge in [-0.2, -0.15) is 0 Å². The van der Waals surface area contributed by atoms with Crippen molar-refractivity contribution in [2.75, 3.05) is 13.7 Å². The second kappa shape index (κ2) is 9.92. The van der Waals surface area contributed by atoms with Crippen molar-refractivity contribution in [3.8, 4) is 0 Å². The number of nitrogens with one attached hydrogen (secondary N) is 1. The Bertz CT molecular complexity index is 995. The fraction of sp³-hybridized carbons (Fsp3) is 0.300. The van der Waals surface area contributed by atoms with Crippen LogP contribution in [0.4, 0.5) is 5.69 Å². The van der Waals surface area contributed by atoms with Crippen molar-refractivity contribution in [2.24, 2.45) is 0 Å². The summed E-state index contributed by atoms with van der Waals surface area (Å²) in [5.41, 5.74) is 0.460. The van der Waals surface area contributed by atoms with E-state index in [4.69, 9.17) is 14.2 Å². The summed E-state index contributed by atoms with van der Waals surface area (Å²) in [5.74, 6) is 0. The maximum atomic E-state index is 12.8. The molecular formula is C20H22N2O7S. The van der Waals surface area contributed by atoms with Crippen molar-refractivity contribution < 1.29 is 27.6 Å². The zero-order valence-corrected chi connectivity index (χ0v) is 17.0. The molecule has 1 aliphatic heterocycles. The molecule has 3 rings (SSSR count). The van der Waals surface area contributed by atoms with E-state index in [0.29, 0.717) is 6.61 Å². The molecule has 0 aromatic heterocycles. The van der Waals surface area contributed by atoms with Gasteiger partial charge in [-0.25, -0.2) is 13.1 Å². The molecule has 160 valence electrons. The average Bonchev–Trinajstić information content (AvgIpc) is 2.75. The highest BCUT2D eigenvalue weighted by atomic mass is 32.2. The van der Waals surface area contributed by atoms with Gasteiger partial charge in [-0.1, -0.05) is 48.5 Å². The number of benzene rings is 2. The number of hydrogen-bond donors (Lipinski definition) is 1. The molecule has 0 bridgehead atoms. The van der Waals surface area contributed by atoms with Crippen LogP contribution in [0.5, 0.6) is 0 Å². The predicted molar refractivity (Wildman–Crippen MR) is 108 cm³/mol. The third-order valence-corrected chi connectivity index (χ3v) is 5.96. The van der Waals surface area contributed by atoms with E-state index in [1.54, 1.807) is 12.2 Å². The van der Waals surface area contributed by atoms with Crippen LogP contribution >= 0.6 is 0 Å². The third kappa shape index (κ3) is 5.49. The van der Waals surface area contributed by atoms with Gasteiger partial charge in [0.25, 0.3) is 5.69 Å². The molecule has 1 heterocycles. The molecule has 0 unspecified atom stereocenters. The lowest BCUT2D eigenvalue weighted by Crippen LogP contribution is -2.49. The molecule has 0 aliphatic carbocycles. The van der Waals surface area contributed by atoms with Crippen LogP contribution in [0.25, 0.3) is 0 Å². The Morgan fingerprint density at radius 2 is 1.80 bits per heavy atom. The minimum atomic E-state index is -4.19. The van der Waals surface area contributed by atoms with E-state index in [0.717, 1.165) is 11.6 Å². The van der Waals surface area contributed by atoms with E-state index in [1.165, 1.54) is 25.3 Å². The van der Waals surface area contributed by atoms with Gasteiger partial charge in [0.2, 0.25) is 10.0 Å². The van der Waals surface area contributed by atoms with Crippen molar-refractivity contribution in [2.45, 2.75) is 29.9 Å². The number of ether oxygens (including phenoxy) is 3. The lowest BCUT2D eigenvalue weighted by Gasteiger charge is -2.31. The fourth-order valence-electron chi connectivity index (χ4n) is 2.97. The molecule has 1 N–H and O–H groups in total. The Labute approximate surface area is 174 Å². The molecule has 3 atom stereocenters. The number of methoxy groups -OCH3 is 1. The van der Waals surface area contributed by atoms with Gasteiger partial charge < -0.3 is 14.2 Å². The molecule has 0 saturated heterocycles.